The van der Waals surface area contributed by atoms with E-state index in [0.29, 0.717) is 6.04 Å². The van der Waals surface area contributed by atoms with Crippen molar-refractivity contribution in [3.05, 3.63) is 0 Å². The summed E-state index contributed by atoms with van der Waals surface area (Å²) in [6.07, 6.45) is 3.90. The van der Waals surface area contributed by atoms with E-state index in [1.165, 1.54) is 0 Å². The van der Waals surface area contributed by atoms with Gasteiger partial charge in [0.05, 0.1) is 19.1 Å². The number of nitrogens with zero attached hydrogens (tertiary/aromatic N) is 1. The second-order valence-electron chi connectivity index (χ2n) is 4.50. The minimum atomic E-state index is -0.618. The number of rotatable bonds is 2. The fourth-order valence-corrected chi connectivity index (χ4v) is 2.66. The standard InChI is InChI=1S/C11H19NO3/c13-11(14)9-2-1-3-10(8-9)12-4-6-15-7-5-12/h9-10H,1-8H2,(H,13,14). The van der Waals surface area contributed by atoms with E-state index in [4.69, 9.17) is 9.84 Å². The van der Waals surface area contributed by atoms with Crippen LogP contribution in [0.4, 0.5) is 0 Å². The molecule has 2 aliphatic rings. The van der Waals surface area contributed by atoms with Gasteiger partial charge in [-0.15, -0.1) is 0 Å². The van der Waals surface area contributed by atoms with E-state index in [1.807, 2.05) is 0 Å². The van der Waals surface area contributed by atoms with Gasteiger partial charge in [0.2, 0.25) is 0 Å². The molecular weight excluding hydrogens is 194 g/mol. The molecule has 0 amide bonds. The second kappa shape index (κ2) is 4.94. The molecule has 0 aromatic rings. The van der Waals surface area contributed by atoms with Crippen molar-refractivity contribution in [2.45, 2.75) is 31.7 Å². The number of aliphatic carboxylic acids is 1. The van der Waals surface area contributed by atoms with Gasteiger partial charge in [-0.2, -0.15) is 0 Å². The molecule has 1 N–H and O–H groups in total. The van der Waals surface area contributed by atoms with Gasteiger partial charge >= 0.3 is 5.97 Å². The van der Waals surface area contributed by atoms with Crippen LogP contribution < -0.4 is 0 Å². The molecule has 2 atom stereocenters. The first kappa shape index (κ1) is 10.9. The van der Waals surface area contributed by atoms with E-state index in [-0.39, 0.29) is 5.92 Å². The Balaban J connectivity index is 1.88. The van der Waals surface area contributed by atoms with Crippen molar-refractivity contribution in [2.24, 2.45) is 5.92 Å². The van der Waals surface area contributed by atoms with Crippen LogP contribution in [-0.2, 0) is 9.53 Å². The fraction of sp³-hybridized carbons (Fsp3) is 0.909. The number of carboxylic acid groups (broad SMARTS) is 1. The molecule has 2 rings (SSSR count). The summed E-state index contributed by atoms with van der Waals surface area (Å²) in [7, 11) is 0. The summed E-state index contributed by atoms with van der Waals surface area (Å²) >= 11 is 0. The molecular formula is C11H19NO3. The summed E-state index contributed by atoms with van der Waals surface area (Å²) in [5.74, 6) is -0.737. The van der Waals surface area contributed by atoms with Gasteiger partial charge in [0, 0.05) is 19.1 Å². The van der Waals surface area contributed by atoms with Gasteiger partial charge < -0.3 is 9.84 Å². The molecule has 1 aliphatic carbocycles. The third-order valence-corrected chi connectivity index (χ3v) is 3.56. The smallest absolute Gasteiger partial charge is 0.306 e. The molecule has 2 fully saturated rings. The molecule has 1 saturated heterocycles. The minimum absolute atomic E-state index is 0.119. The van der Waals surface area contributed by atoms with E-state index in [2.05, 4.69) is 4.90 Å². The normalized spacial score (nSPS) is 33.9. The number of carboxylic acids is 1. The van der Waals surface area contributed by atoms with Crippen molar-refractivity contribution < 1.29 is 14.6 Å². The second-order valence-corrected chi connectivity index (χ2v) is 4.50. The third-order valence-electron chi connectivity index (χ3n) is 3.56. The summed E-state index contributed by atoms with van der Waals surface area (Å²) < 4.78 is 5.31. The fourth-order valence-electron chi connectivity index (χ4n) is 2.66. The number of ether oxygens (including phenoxy) is 1. The lowest BCUT2D eigenvalue weighted by Crippen LogP contribution is -2.46. The lowest BCUT2D eigenvalue weighted by Gasteiger charge is -2.38. The van der Waals surface area contributed by atoms with Crippen LogP contribution in [0.5, 0.6) is 0 Å². The van der Waals surface area contributed by atoms with Gasteiger partial charge in [-0.05, 0) is 19.3 Å². The van der Waals surface area contributed by atoms with Crippen LogP contribution >= 0.6 is 0 Å². The predicted molar refractivity (Wildman–Crippen MR) is 55.8 cm³/mol. The summed E-state index contributed by atoms with van der Waals surface area (Å²) in [5, 5.41) is 9.01. The zero-order valence-electron chi connectivity index (χ0n) is 9.02. The van der Waals surface area contributed by atoms with E-state index in [9.17, 15) is 4.79 Å². The van der Waals surface area contributed by atoms with Crippen molar-refractivity contribution in [2.75, 3.05) is 26.3 Å². The van der Waals surface area contributed by atoms with Crippen LogP contribution in [0.3, 0.4) is 0 Å². The number of hydrogen-bond acceptors (Lipinski definition) is 3. The van der Waals surface area contributed by atoms with E-state index < -0.39 is 5.97 Å². The number of hydrogen-bond donors (Lipinski definition) is 1. The Hall–Kier alpha value is -0.610. The molecule has 0 radical (unpaired) electrons. The first-order valence-electron chi connectivity index (χ1n) is 5.82. The van der Waals surface area contributed by atoms with E-state index >= 15 is 0 Å². The van der Waals surface area contributed by atoms with Crippen LogP contribution in [0.25, 0.3) is 0 Å². The zero-order chi connectivity index (χ0) is 10.7. The molecule has 1 saturated carbocycles. The highest BCUT2D eigenvalue weighted by Gasteiger charge is 2.30. The first-order valence-corrected chi connectivity index (χ1v) is 5.82. The molecule has 0 spiro atoms. The molecule has 2 unspecified atom stereocenters. The summed E-state index contributed by atoms with van der Waals surface area (Å²) in [6, 6.07) is 0.476. The molecule has 1 aliphatic heterocycles. The predicted octanol–water partition coefficient (Wildman–Crippen LogP) is 0.962. The van der Waals surface area contributed by atoms with Crippen LogP contribution in [0.2, 0.25) is 0 Å². The summed E-state index contributed by atoms with van der Waals surface area (Å²) in [5.41, 5.74) is 0. The molecule has 0 bridgehead atoms. The number of morpholine rings is 1. The van der Waals surface area contributed by atoms with Crippen molar-refractivity contribution in [1.82, 2.24) is 4.90 Å². The lowest BCUT2D eigenvalue weighted by atomic mass is 9.85. The average Bonchev–Trinajstić information content (AvgIpc) is 2.30. The van der Waals surface area contributed by atoms with Crippen LogP contribution in [0.15, 0.2) is 0 Å². The van der Waals surface area contributed by atoms with Gasteiger partial charge in [0.25, 0.3) is 0 Å². The highest BCUT2D eigenvalue weighted by atomic mass is 16.5. The maximum Gasteiger partial charge on any atom is 0.306 e. The Morgan fingerprint density at radius 1 is 1.27 bits per heavy atom. The molecule has 0 aromatic heterocycles. The first-order chi connectivity index (χ1) is 7.27. The Bertz CT molecular complexity index is 226. The average molecular weight is 213 g/mol. The lowest BCUT2D eigenvalue weighted by molar-refractivity contribution is -0.143. The maximum atomic E-state index is 10.9. The maximum absolute atomic E-state index is 10.9. The van der Waals surface area contributed by atoms with Gasteiger partial charge in [-0.3, -0.25) is 9.69 Å². The molecule has 4 nitrogen and oxygen atoms in total. The molecule has 0 aromatic carbocycles. The highest BCUT2D eigenvalue weighted by molar-refractivity contribution is 5.70. The van der Waals surface area contributed by atoms with Gasteiger partial charge in [0.1, 0.15) is 0 Å². The van der Waals surface area contributed by atoms with Gasteiger partial charge in [-0.25, -0.2) is 0 Å². The minimum Gasteiger partial charge on any atom is -0.481 e. The Kier molecular flexibility index (Phi) is 3.59. The quantitative estimate of drug-likeness (QED) is 0.742. The van der Waals surface area contributed by atoms with E-state index in [0.717, 1.165) is 52.0 Å². The van der Waals surface area contributed by atoms with Gasteiger partial charge in [0.15, 0.2) is 0 Å². The van der Waals surface area contributed by atoms with Crippen molar-refractivity contribution >= 4 is 5.97 Å². The van der Waals surface area contributed by atoms with Crippen molar-refractivity contribution in [3.8, 4) is 0 Å². The largest absolute Gasteiger partial charge is 0.481 e. The van der Waals surface area contributed by atoms with E-state index in [1.54, 1.807) is 0 Å². The summed E-state index contributed by atoms with van der Waals surface area (Å²) in [4.78, 5) is 13.3. The zero-order valence-corrected chi connectivity index (χ0v) is 9.02. The Morgan fingerprint density at radius 3 is 2.67 bits per heavy atom. The topological polar surface area (TPSA) is 49.8 Å². The summed E-state index contributed by atoms with van der Waals surface area (Å²) in [6.45, 7) is 3.54. The van der Waals surface area contributed by atoms with Crippen molar-refractivity contribution in [1.29, 1.82) is 0 Å². The van der Waals surface area contributed by atoms with Crippen LogP contribution in [-0.4, -0.2) is 48.3 Å². The number of carbonyl (C=O) groups is 1. The molecule has 15 heavy (non-hydrogen) atoms. The van der Waals surface area contributed by atoms with Crippen LogP contribution in [0, 0.1) is 5.92 Å². The van der Waals surface area contributed by atoms with Gasteiger partial charge in [-0.1, -0.05) is 6.42 Å². The highest BCUT2D eigenvalue weighted by Crippen LogP contribution is 2.28. The Labute approximate surface area is 90.2 Å². The molecule has 1 heterocycles. The van der Waals surface area contributed by atoms with Crippen LogP contribution in [0.1, 0.15) is 25.7 Å². The molecule has 4 heteroatoms. The third kappa shape index (κ3) is 2.69. The SMILES string of the molecule is O=C(O)C1CCCC(N2CCOCC2)C1. The Morgan fingerprint density at radius 2 is 2.00 bits per heavy atom. The van der Waals surface area contributed by atoms with Crippen molar-refractivity contribution in [3.63, 3.8) is 0 Å². The molecule has 86 valence electrons. The monoisotopic (exact) mass is 213 g/mol.